The van der Waals surface area contributed by atoms with Crippen LogP contribution in [-0.4, -0.2) is 60.4 Å². The summed E-state index contributed by atoms with van der Waals surface area (Å²) in [6.07, 6.45) is 0.855. The minimum Gasteiger partial charge on any atom is -0.503 e. The molecular formula is C26H27BrN2O5. The quantitative estimate of drug-likeness (QED) is 0.389. The first-order chi connectivity index (χ1) is 16.3. The highest BCUT2D eigenvalue weighted by Gasteiger charge is 2.44. The minimum absolute atomic E-state index is 0.00881. The van der Waals surface area contributed by atoms with Crippen molar-refractivity contribution in [1.29, 1.82) is 0 Å². The van der Waals surface area contributed by atoms with E-state index in [1.807, 2.05) is 62.3 Å². The van der Waals surface area contributed by atoms with Crippen molar-refractivity contribution in [2.24, 2.45) is 0 Å². The maximum atomic E-state index is 13.6. The van der Waals surface area contributed by atoms with E-state index in [1.54, 1.807) is 12.1 Å². The number of carbonyl (C=O) groups excluding carboxylic acids is 2. The van der Waals surface area contributed by atoms with Crippen LogP contribution >= 0.6 is 15.9 Å². The summed E-state index contributed by atoms with van der Waals surface area (Å²) in [7, 11) is 3.81. The Morgan fingerprint density at radius 1 is 1.21 bits per heavy atom. The van der Waals surface area contributed by atoms with E-state index in [4.69, 9.17) is 9.15 Å². The zero-order valence-corrected chi connectivity index (χ0v) is 21.0. The lowest BCUT2D eigenvalue weighted by Gasteiger charge is -2.28. The molecule has 8 heteroatoms. The van der Waals surface area contributed by atoms with Crippen LogP contribution in [0.1, 0.15) is 35.5 Å². The van der Waals surface area contributed by atoms with Gasteiger partial charge in [-0.05, 0) is 62.5 Å². The smallest absolute Gasteiger partial charge is 0.290 e. The minimum atomic E-state index is -0.759. The summed E-state index contributed by atoms with van der Waals surface area (Å²) in [5, 5.41) is 11.6. The van der Waals surface area contributed by atoms with Gasteiger partial charge in [-0.2, -0.15) is 0 Å². The van der Waals surface area contributed by atoms with E-state index in [1.165, 1.54) is 4.90 Å². The molecule has 1 atom stereocenters. The molecule has 0 radical (unpaired) electrons. The van der Waals surface area contributed by atoms with Crippen molar-refractivity contribution in [3.8, 4) is 5.75 Å². The fraction of sp³-hybridized carbons (Fsp3) is 0.308. The molecule has 2 aromatic carbocycles. The number of halogens is 1. The summed E-state index contributed by atoms with van der Waals surface area (Å²) in [5.41, 5.74) is 1.24. The summed E-state index contributed by atoms with van der Waals surface area (Å²) in [5.74, 6) is -0.925. The molecule has 0 spiro atoms. The van der Waals surface area contributed by atoms with Crippen LogP contribution < -0.4 is 4.74 Å². The van der Waals surface area contributed by atoms with Crippen molar-refractivity contribution in [2.45, 2.75) is 19.4 Å². The molecular weight excluding hydrogens is 500 g/mol. The van der Waals surface area contributed by atoms with Crippen molar-refractivity contribution in [1.82, 2.24) is 9.80 Å². The molecule has 0 saturated carbocycles. The first-order valence-electron chi connectivity index (χ1n) is 11.2. The maximum absolute atomic E-state index is 13.6. The molecule has 178 valence electrons. The monoisotopic (exact) mass is 526 g/mol. The Balaban J connectivity index is 1.77. The Morgan fingerprint density at radius 2 is 2.00 bits per heavy atom. The summed E-state index contributed by atoms with van der Waals surface area (Å²) in [4.78, 5) is 30.2. The number of fused-ring (bicyclic) bond motifs is 1. The Hall–Kier alpha value is -3.10. The first-order valence-corrected chi connectivity index (χ1v) is 11.9. The summed E-state index contributed by atoms with van der Waals surface area (Å²) >= 11 is 3.42. The van der Waals surface area contributed by atoms with Crippen molar-refractivity contribution in [3.05, 3.63) is 75.7 Å². The van der Waals surface area contributed by atoms with Crippen LogP contribution in [-0.2, 0) is 4.79 Å². The van der Waals surface area contributed by atoms with Crippen LogP contribution in [0.25, 0.3) is 11.0 Å². The fourth-order valence-corrected chi connectivity index (χ4v) is 4.40. The molecule has 4 rings (SSSR count). The second-order valence-electron chi connectivity index (χ2n) is 8.51. The molecule has 0 aliphatic carbocycles. The van der Waals surface area contributed by atoms with Gasteiger partial charge < -0.3 is 24.1 Å². The van der Waals surface area contributed by atoms with E-state index in [0.717, 1.165) is 16.3 Å². The Bertz CT molecular complexity index is 1260. The van der Waals surface area contributed by atoms with Crippen LogP contribution in [0, 0.1) is 0 Å². The van der Waals surface area contributed by atoms with Gasteiger partial charge in [0.15, 0.2) is 11.5 Å². The number of likely N-dealkylation sites (N-methyl/N-ethyl adjacent to an activating group) is 1. The molecule has 7 nitrogen and oxygen atoms in total. The number of ether oxygens (including phenoxy) is 1. The number of amides is 1. The van der Waals surface area contributed by atoms with E-state index >= 15 is 0 Å². The van der Waals surface area contributed by atoms with E-state index < -0.39 is 23.5 Å². The lowest BCUT2D eigenvalue weighted by Crippen LogP contribution is -2.36. The van der Waals surface area contributed by atoms with Gasteiger partial charge in [-0.3, -0.25) is 9.59 Å². The fourth-order valence-electron chi connectivity index (χ4n) is 4.02. The number of Topliss-reactive ketones (excluding diaryl/α,β-unsaturated/α-hetero) is 1. The summed E-state index contributed by atoms with van der Waals surface area (Å²) in [6, 6.07) is 13.6. The predicted molar refractivity (Wildman–Crippen MR) is 133 cm³/mol. The Morgan fingerprint density at radius 3 is 2.74 bits per heavy atom. The molecule has 0 bridgehead atoms. The summed E-state index contributed by atoms with van der Waals surface area (Å²) < 4.78 is 12.4. The largest absolute Gasteiger partial charge is 0.503 e. The molecule has 1 aliphatic rings. The molecule has 3 aromatic rings. The number of rotatable bonds is 9. The van der Waals surface area contributed by atoms with Crippen molar-refractivity contribution in [2.75, 3.05) is 33.8 Å². The van der Waals surface area contributed by atoms with Crippen LogP contribution in [0.4, 0.5) is 0 Å². The van der Waals surface area contributed by atoms with Gasteiger partial charge in [0.25, 0.3) is 5.91 Å². The zero-order chi connectivity index (χ0) is 24.4. The number of hydrogen-bond acceptors (Lipinski definition) is 6. The third-order valence-corrected chi connectivity index (χ3v) is 6.18. The molecule has 1 N–H and O–H groups in total. The second-order valence-corrected chi connectivity index (χ2v) is 9.43. The van der Waals surface area contributed by atoms with E-state index in [9.17, 15) is 14.7 Å². The molecule has 34 heavy (non-hydrogen) atoms. The van der Waals surface area contributed by atoms with Gasteiger partial charge >= 0.3 is 0 Å². The second kappa shape index (κ2) is 10.0. The molecule has 1 amide bonds. The topological polar surface area (TPSA) is 83.2 Å². The average Bonchev–Trinajstić information content (AvgIpc) is 3.34. The molecule has 2 heterocycles. The Labute approximate surface area is 206 Å². The molecule has 0 saturated heterocycles. The zero-order valence-electron chi connectivity index (χ0n) is 19.4. The molecule has 0 fully saturated rings. The highest BCUT2D eigenvalue weighted by molar-refractivity contribution is 9.10. The van der Waals surface area contributed by atoms with Crippen LogP contribution in [0.5, 0.6) is 5.75 Å². The first kappa shape index (κ1) is 24.0. The number of nitrogens with zero attached hydrogens (tertiary/aromatic N) is 2. The number of benzene rings is 2. The maximum Gasteiger partial charge on any atom is 0.290 e. The van der Waals surface area contributed by atoms with E-state index in [0.29, 0.717) is 36.6 Å². The summed E-state index contributed by atoms with van der Waals surface area (Å²) in [6.45, 7) is 3.48. The van der Waals surface area contributed by atoms with Gasteiger partial charge in [0, 0.05) is 22.9 Å². The standard InChI is InChI=1S/C26H27BrN2O5/c1-4-12-33-19-7-5-6-16(14-19)23-22(25(31)26(32)29(23)11-10-28(2)3)24(30)21-15-17-13-18(27)8-9-20(17)34-21/h5-9,13-15,23,31H,4,10-12H2,1-3H3. The predicted octanol–water partition coefficient (Wildman–Crippen LogP) is 5.12. The van der Waals surface area contributed by atoms with Crippen molar-refractivity contribution < 1.29 is 23.8 Å². The molecule has 1 aliphatic heterocycles. The van der Waals surface area contributed by atoms with Gasteiger partial charge in [-0.1, -0.05) is 35.0 Å². The van der Waals surface area contributed by atoms with Gasteiger partial charge in [0.05, 0.1) is 18.2 Å². The number of ketones is 1. The van der Waals surface area contributed by atoms with Gasteiger partial charge in [-0.25, -0.2) is 0 Å². The van der Waals surface area contributed by atoms with E-state index in [2.05, 4.69) is 15.9 Å². The lowest BCUT2D eigenvalue weighted by atomic mass is 9.95. The van der Waals surface area contributed by atoms with Crippen molar-refractivity contribution in [3.63, 3.8) is 0 Å². The SMILES string of the molecule is CCCOc1cccc(C2C(C(=O)c3cc4cc(Br)ccc4o3)=C(O)C(=O)N2CCN(C)C)c1. The molecule has 1 aromatic heterocycles. The van der Waals surface area contributed by atoms with Crippen molar-refractivity contribution >= 4 is 38.6 Å². The third kappa shape index (κ3) is 4.74. The van der Waals surface area contributed by atoms with Gasteiger partial charge in [-0.15, -0.1) is 0 Å². The highest BCUT2D eigenvalue weighted by Crippen LogP contribution is 2.40. The van der Waals surface area contributed by atoms with Crippen LogP contribution in [0.3, 0.4) is 0 Å². The van der Waals surface area contributed by atoms with Crippen LogP contribution in [0.2, 0.25) is 0 Å². The van der Waals surface area contributed by atoms with E-state index in [-0.39, 0.29) is 11.3 Å². The van der Waals surface area contributed by atoms with Crippen LogP contribution in [0.15, 0.2) is 68.8 Å². The number of aliphatic hydroxyl groups is 1. The highest BCUT2D eigenvalue weighted by atomic mass is 79.9. The number of carbonyl (C=O) groups is 2. The average molecular weight is 527 g/mol. The lowest BCUT2D eigenvalue weighted by molar-refractivity contribution is -0.129. The third-order valence-electron chi connectivity index (χ3n) is 5.69. The molecule has 1 unspecified atom stereocenters. The number of hydrogen-bond donors (Lipinski definition) is 1. The Kier molecular flexibility index (Phi) is 7.09. The normalized spacial score (nSPS) is 16.2. The van der Waals surface area contributed by atoms with Gasteiger partial charge in [0.2, 0.25) is 5.78 Å². The number of aliphatic hydroxyl groups excluding tert-OH is 1. The van der Waals surface area contributed by atoms with Gasteiger partial charge in [0.1, 0.15) is 11.3 Å². The number of furan rings is 1.